The Balaban J connectivity index is 0.00000132. The summed E-state index contributed by atoms with van der Waals surface area (Å²) in [5.74, 6) is -1.01. The summed E-state index contributed by atoms with van der Waals surface area (Å²) in [6, 6.07) is 11.8. The summed E-state index contributed by atoms with van der Waals surface area (Å²) in [6.07, 6.45) is -1.85. The van der Waals surface area contributed by atoms with Crippen LogP contribution >= 0.6 is 0 Å². The van der Waals surface area contributed by atoms with Gasteiger partial charge < -0.3 is 10.4 Å². The monoisotopic (exact) mass is 429 g/mol. The van der Waals surface area contributed by atoms with E-state index in [-0.39, 0.29) is 28.5 Å². The highest BCUT2D eigenvalue weighted by molar-refractivity contribution is 5.88. The number of alkyl halides is 3. The van der Waals surface area contributed by atoms with Gasteiger partial charge >= 0.3 is 12.1 Å². The molecule has 0 atom stereocenters. The fraction of sp³-hybridized carbons (Fsp3) is 0.143. The molecule has 1 aromatic carbocycles. The molecule has 0 unspecified atom stereocenters. The van der Waals surface area contributed by atoms with Crippen molar-refractivity contribution in [2.24, 2.45) is 0 Å². The topological polar surface area (TPSA) is 92.4 Å². The predicted octanol–water partition coefficient (Wildman–Crippen LogP) is 5.28. The normalized spacial score (nSPS) is 11.0. The molecule has 7 nitrogen and oxygen atoms in total. The van der Waals surface area contributed by atoms with E-state index in [0.717, 1.165) is 0 Å². The van der Waals surface area contributed by atoms with Crippen molar-refractivity contribution in [1.82, 2.24) is 19.4 Å². The predicted molar refractivity (Wildman–Crippen MR) is 109 cm³/mol. The number of aromatic carboxylic acids is 1. The van der Waals surface area contributed by atoms with E-state index in [9.17, 15) is 18.0 Å². The molecule has 0 bridgehead atoms. The zero-order valence-electron chi connectivity index (χ0n) is 16.6. The highest BCUT2D eigenvalue weighted by Gasteiger charge is 2.38. The number of halogens is 3. The Kier molecular flexibility index (Phi) is 6.19. The van der Waals surface area contributed by atoms with Crippen LogP contribution in [0.2, 0.25) is 0 Å². The fourth-order valence-electron chi connectivity index (χ4n) is 2.81. The average molecular weight is 429 g/mol. The van der Waals surface area contributed by atoms with Crippen molar-refractivity contribution in [1.29, 1.82) is 0 Å². The Bertz CT molecular complexity index is 1200. The zero-order chi connectivity index (χ0) is 22.6. The number of carboxylic acid groups (broad SMARTS) is 1. The molecule has 3 heterocycles. The maximum atomic E-state index is 13.5. The molecule has 0 aliphatic rings. The van der Waals surface area contributed by atoms with Crippen LogP contribution in [0.4, 0.5) is 24.8 Å². The van der Waals surface area contributed by atoms with Crippen LogP contribution in [0.15, 0.2) is 60.9 Å². The average Bonchev–Trinajstić information content (AvgIpc) is 3.16. The van der Waals surface area contributed by atoms with Crippen LogP contribution in [0.1, 0.15) is 29.9 Å². The fourth-order valence-corrected chi connectivity index (χ4v) is 2.81. The van der Waals surface area contributed by atoms with Crippen molar-refractivity contribution >= 4 is 23.3 Å². The Morgan fingerprint density at radius 2 is 1.74 bits per heavy atom. The number of aromatic nitrogens is 4. The summed E-state index contributed by atoms with van der Waals surface area (Å²) in [7, 11) is 0. The smallest absolute Gasteiger partial charge is 0.435 e. The lowest BCUT2D eigenvalue weighted by atomic mass is 10.2. The van der Waals surface area contributed by atoms with Crippen LogP contribution in [0, 0.1) is 0 Å². The van der Waals surface area contributed by atoms with Gasteiger partial charge in [0.2, 0.25) is 5.95 Å². The molecule has 0 spiro atoms. The molecular formula is C21H18F3N5O2. The summed E-state index contributed by atoms with van der Waals surface area (Å²) < 4.78 is 41.9. The van der Waals surface area contributed by atoms with Gasteiger partial charge in [0, 0.05) is 18.1 Å². The first-order chi connectivity index (χ1) is 14.8. The molecule has 31 heavy (non-hydrogen) atoms. The molecule has 0 aliphatic carbocycles. The van der Waals surface area contributed by atoms with Gasteiger partial charge in [-0.15, -0.1) is 0 Å². The summed E-state index contributed by atoms with van der Waals surface area (Å²) in [4.78, 5) is 22.8. The number of rotatable bonds is 4. The minimum Gasteiger partial charge on any atom is -0.478 e. The van der Waals surface area contributed by atoms with E-state index in [1.54, 1.807) is 12.1 Å². The zero-order valence-corrected chi connectivity index (χ0v) is 16.6. The molecule has 0 saturated carbocycles. The number of carbonyl (C=O) groups is 1. The maximum absolute atomic E-state index is 13.5. The van der Waals surface area contributed by atoms with Gasteiger partial charge in [-0.05, 0) is 42.5 Å². The number of hydrogen-bond donors (Lipinski definition) is 2. The third-order valence-corrected chi connectivity index (χ3v) is 4.08. The van der Waals surface area contributed by atoms with Crippen molar-refractivity contribution in [2.75, 3.05) is 5.32 Å². The number of nitrogens with one attached hydrogen (secondary N) is 1. The van der Waals surface area contributed by atoms with Gasteiger partial charge in [0.15, 0.2) is 5.69 Å². The molecule has 0 amide bonds. The molecule has 2 N–H and O–H groups in total. The van der Waals surface area contributed by atoms with Crippen molar-refractivity contribution in [3.05, 3.63) is 72.2 Å². The summed E-state index contributed by atoms with van der Waals surface area (Å²) in [5.41, 5.74) is -0.464. The van der Waals surface area contributed by atoms with Gasteiger partial charge in [-0.1, -0.05) is 19.9 Å². The minimum absolute atomic E-state index is 0.0377. The minimum atomic E-state index is -4.66. The highest BCUT2D eigenvalue weighted by Crippen LogP contribution is 2.36. The number of pyridine rings is 1. The Morgan fingerprint density at radius 3 is 2.39 bits per heavy atom. The second-order valence-corrected chi connectivity index (χ2v) is 6.01. The summed E-state index contributed by atoms with van der Waals surface area (Å²) in [5, 5.41) is 11.8. The number of benzene rings is 1. The van der Waals surface area contributed by atoms with Crippen molar-refractivity contribution in [3.63, 3.8) is 0 Å². The quantitative estimate of drug-likeness (QED) is 0.459. The van der Waals surface area contributed by atoms with Crippen LogP contribution in [-0.2, 0) is 6.18 Å². The van der Waals surface area contributed by atoms with E-state index >= 15 is 0 Å². The highest BCUT2D eigenvalue weighted by atomic mass is 19.4. The van der Waals surface area contributed by atoms with E-state index in [1.807, 2.05) is 13.8 Å². The standard InChI is InChI=1S/C19H12F3N5O2.C2H6/c20-19(21,22)16-15(27-10-2-1-3-14(27)26-16)13-8-9-23-18(25-13)24-12-6-4-11(5-7-12)17(28)29;1-2/h1-10H,(H,28,29)(H,23,24,25);1-2H3. The lowest BCUT2D eigenvalue weighted by Crippen LogP contribution is -2.09. The van der Waals surface area contributed by atoms with E-state index in [2.05, 4.69) is 20.3 Å². The Hall–Kier alpha value is -3.95. The molecule has 0 saturated heterocycles. The molecular weight excluding hydrogens is 411 g/mol. The van der Waals surface area contributed by atoms with E-state index < -0.39 is 17.8 Å². The van der Waals surface area contributed by atoms with Crippen molar-refractivity contribution in [3.8, 4) is 11.4 Å². The second kappa shape index (κ2) is 8.82. The molecule has 10 heteroatoms. The molecule has 3 aromatic heterocycles. The van der Waals surface area contributed by atoms with Crippen molar-refractivity contribution in [2.45, 2.75) is 20.0 Å². The van der Waals surface area contributed by atoms with Crippen LogP contribution in [-0.4, -0.2) is 30.4 Å². The molecule has 160 valence electrons. The van der Waals surface area contributed by atoms with Gasteiger partial charge in [0.1, 0.15) is 11.3 Å². The number of hydrogen-bond acceptors (Lipinski definition) is 5. The first-order valence-corrected chi connectivity index (χ1v) is 9.31. The van der Waals surface area contributed by atoms with Crippen LogP contribution in [0.25, 0.3) is 17.0 Å². The molecule has 0 fully saturated rings. The van der Waals surface area contributed by atoms with Crippen LogP contribution < -0.4 is 5.32 Å². The van der Waals surface area contributed by atoms with Gasteiger partial charge in [0.25, 0.3) is 0 Å². The molecule has 4 rings (SSSR count). The first kappa shape index (κ1) is 21.8. The van der Waals surface area contributed by atoms with E-state index in [0.29, 0.717) is 5.69 Å². The summed E-state index contributed by atoms with van der Waals surface area (Å²) >= 11 is 0. The number of imidazole rings is 1. The Labute approximate surface area is 175 Å². The van der Waals surface area contributed by atoms with Crippen LogP contribution in [0.3, 0.4) is 0 Å². The van der Waals surface area contributed by atoms with Gasteiger partial charge in [-0.2, -0.15) is 13.2 Å². The molecule has 0 radical (unpaired) electrons. The van der Waals surface area contributed by atoms with E-state index in [4.69, 9.17) is 5.11 Å². The third-order valence-electron chi connectivity index (χ3n) is 4.08. The lowest BCUT2D eigenvalue weighted by Gasteiger charge is -2.09. The van der Waals surface area contributed by atoms with Crippen LogP contribution in [0.5, 0.6) is 0 Å². The lowest BCUT2D eigenvalue weighted by molar-refractivity contribution is -0.140. The third kappa shape index (κ3) is 4.63. The first-order valence-electron chi connectivity index (χ1n) is 9.31. The second-order valence-electron chi connectivity index (χ2n) is 6.01. The largest absolute Gasteiger partial charge is 0.478 e. The van der Waals surface area contributed by atoms with Gasteiger partial charge in [0.05, 0.1) is 11.3 Å². The van der Waals surface area contributed by atoms with Gasteiger partial charge in [-0.25, -0.2) is 19.7 Å². The maximum Gasteiger partial charge on any atom is 0.435 e. The van der Waals surface area contributed by atoms with E-state index in [1.165, 1.54) is 53.2 Å². The number of anilines is 2. The molecule has 4 aromatic rings. The molecule has 0 aliphatic heterocycles. The number of fused-ring (bicyclic) bond motifs is 1. The number of nitrogens with zero attached hydrogens (tertiary/aromatic N) is 4. The van der Waals surface area contributed by atoms with Crippen molar-refractivity contribution < 1.29 is 23.1 Å². The van der Waals surface area contributed by atoms with Gasteiger partial charge in [-0.3, -0.25) is 4.40 Å². The number of carboxylic acids is 1. The SMILES string of the molecule is CC.O=C(O)c1ccc(Nc2nccc(-c3c(C(F)(F)F)nc4ccccn34)n2)cc1. The Morgan fingerprint density at radius 1 is 1.03 bits per heavy atom. The summed E-state index contributed by atoms with van der Waals surface area (Å²) in [6.45, 7) is 4.00.